The first-order valence-corrected chi connectivity index (χ1v) is 10.5. The standard InChI is InChI=1S/C25H22N4O3/c1-29-14-20(18-8-4-5-9-22(18)29)25(32)28-27-24(31)19-12-16-6-2-3-7-17(16)13-21(19)26-23(30)15-10-11-15/h2-9,12-15H,10-11H2,1H3,(H,26,30)(H,27,31)(H,28,32). The van der Waals surface area contributed by atoms with Gasteiger partial charge in [-0.05, 0) is 41.8 Å². The Bertz CT molecular complexity index is 1380. The van der Waals surface area contributed by atoms with Crippen LogP contribution in [0.15, 0.2) is 66.9 Å². The van der Waals surface area contributed by atoms with Crippen molar-refractivity contribution in [1.29, 1.82) is 0 Å². The monoisotopic (exact) mass is 426 g/mol. The van der Waals surface area contributed by atoms with E-state index in [0.717, 1.165) is 34.5 Å². The maximum absolute atomic E-state index is 13.0. The Morgan fingerprint density at radius 1 is 0.844 bits per heavy atom. The van der Waals surface area contributed by atoms with E-state index in [1.165, 1.54) is 0 Å². The van der Waals surface area contributed by atoms with Crippen LogP contribution in [-0.4, -0.2) is 22.3 Å². The van der Waals surface area contributed by atoms with Crippen LogP contribution in [0, 0.1) is 5.92 Å². The van der Waals surface area contributed by atoms with Gasteiger partial charge in [0.2, 0.25) is 5.91 Å². The number of anilines is 1. The van der Waals surface area contributed by atoms with Gasteiger partial charge in [0.1, 0.15) is 0 Å². The van der Waals surface area contributed by atoms with E-state index < -0.39 is 11.8 Å². The average molecular weight is 426 g/mol. The Morgan fingerprint density at radius 2 is 1.47 bits per heavy atom. The summed E-state index contributed by atoms with van der Waals surface area (Å²) in [5, 5.41) is 5.45. The number of fused-ring (bicyclic) bond motifs is 2. The molecule has 7 heteroatoms. The van der Waals surface area contributed by atoms with E-state index >= 15 is 0 Å². The van der Waals surface area contributed by atoms with E-state index in [1.54, 1.807) is 18.3 Å². The minimum atomic E-state index is -0.504. The zero-order valence-electron chi connectivity index (χ0n) is 17.5. The van der Waals surface area contributed by atoms with Gasteiger partial charge in [0.25, 0.3) is 11.8 Å². The van der Waals surface area contributed by atoms with Crippen LogP contribution in [0.4, 0.5) is 5.69 Å². The molecule has 1 fully saturated rings. The number of carbonyl (C=O) groups excluding carboxylic acids is 3. The van der Waals surface area contributed by atoms with Crippen LogP contribution < -0.4 is 16.2 Å². The van der Waals surface area contributed by atoms with E-state index in [2.05, 4.69) is 16.2 Å². The average Bonchev–Trinajstić information content (AvgIpc) is 3.61. The molecule has 0 radical (unpaired) electrons. The van der Waals surface area contributed by atoms with Crippen LogP contribution in [0.25, 0.3) is 21.7 Å². The largest absolute Gasteiger partial charge is 0.350 e. The number of hydrogen-bond donors (Lipinski definition) is 3. The third kappa shape index (κ3) is 3.69. The van der Waals surface area contributed by atoms with Gasteiger partial charge < -0.3 is 9.88 Å². The number of hydrazine groups is 1. The molecule has 3 amide bonds. The number of nitrogens with zero attached hydrogens (tertiary/aromatic N) is 1. The molecule has 1 heterocycles. The zero-order chi connectivity index (χ0) is 22.2. The Hall–Kier alpha value is -4.13. The van der Waals surface area contributed by atoms with Crippen molar-refractivity contribution in [1.82, 2.24) is 15.4 Å². The second-order valence-electron chi connectivity index (χ2n) is 8.09. The highest BCUT2D eigenvalue weighted by Crippen LogP contribution is 2.32. The maximum atomic E-state index is 13.0. The van der Waals surface area contributed by atoms with Crippen LogP contribution in [-0.2, 0) is 11.8 Å². The second-order valence-corrected chi connectivity index (χ2v) is 8.09. The van der Waals surface area contributed by atoms with Crippen LogP contribution in [0.2, 0.25) is 0 Å². The molecular formula is C25H22N4O3. The van der Waals surface area contributed by atoms with Gasteiger partial charge in [-0.2, -0.15) is 0 Å². The van der Waals surface area contributed by atoms with Crippen molar-refractivity contribution in [3.05, 3.63) is 78.0 Å². The highest BCUT2D eigenvalue weighted by molar-refractivity contribution is 6.10. The van der Waals surface area contributed by atoms with Crippen LogP contribution in [0.3, 0.4) is 0 Å². The zero-order valence-corrected chi connectivity index (χ0v) is 17.5. The normalized spacial score (nSPS) is 13.2. The number of amides is 3. The van der Waals surface area contributed by atoms with Crippen LogP contribution in [0.1, 0.15) is 33.6 Å². The van der Waals surface area contributed by atoms with Crippen molar-refractivity contribution >= 4 is 45.1 Å². The van der Waals surface area contributed by atoms with Gasteiger partial charge in [-0.1, -0.05) is 42.5 Å². The first-order chi connectivity index (χ1) is 15.5. The fourth-order valence-electron chi connectivity index (χ4n) is 3.88. The molecule has 0 atom stereocenters. The molecule has 3 aromatic carbocycles. The number of hydrogen-bond acceptors (Lipinski definition) is 3. The van der Waals surface area contributed by atoms with Gasteiger partial charge in [0.05, 0.1) is 16.8 Å². The van der Waals surface area contributed by atoms with Gasteiger partial charge >= 0.3 is 0 Å². The second kappa shape index (κ2) is 7.85. The molecule has 5 rings (SSSR count). The number of aryl methyl sites for hydroxylation is 1. The van der Waals surface area contributed by atoms with Gasteiger partial charge in [-0.25, -0.2) is 0 Å². The highest BCUT2D eigenvalue weighted by Gasteiger charge is 2.30. The molecule has 32 heavy (non-hydrogen) atoms. The van der Waals surface area contributed by atoms with Crippen molar-refractivity contribution in [2.75, 3.05) is 5.32 Å². The Labute approximate surface area is 184 Å². The molecule has 7 nitrogen and oxygen atoms in total. The van der Waals surface area contributed by atoms with E-state index in [0.29, 0.717) is 11.3 Å². The number of benzene rings is 3. The highest BCUT2D eigenvalue weighted by atomic mass is 16.2. The number of aromatic nitrogens is 1. The predicted molar refractivity (Wildman–Crippen MR) is 123 cm³/mol. The summed E-state index contributed by atoms with van der Waals surface area (Å²) >= 11 is 0. The molecule has 1 aliphatic carbocycles. The molecule has 0 spiro atoms. The summed E-state index contributed by atoms with van der Waals surface area (Å²) in [6.07, 6.45) is 3.45. The van der Waals surface area contributed by atoms with Crippen LogP contribution in [0.5, 0.6) is 0 Å². The quantitative estimate of drug-likeness (QED) is 0.434. The fraction of sp³-hybridized carbons (Fsp3) is 0.160. The van der Waals surface area contributed by atoms with Gasteiger partial charge in [0, 0.05) is 30.1 Å². The summed E-state index contributed by atoms with van der Waals surface area (Å²) in [6, 6.07) is 18.7. The first-order valence-electron chi connectivity index (χ1n) is 10.5. The molecule has 1 aliphatic rings. The lowest BCUT2D eigenvalue weighted by molar-refractivity contribution is -0.117. The van der Waals surface area contributed by atoms with Crippen molar-refractivity contribution in [3.63, 3.8) is 0 Å². The molecule has 3 N–H and O–H groups in total. The van der Waals surface area contributed by atoms with Gasteiger partial charge in [0.15, 0.2) is 0 Å². The van der Waals surface area contributed by atoms with Crippen molar-refractivity contribution in [2.45, 2.75) is 12.8 Å². The topological polar surface area (TPSA) is 92.2 Å². The Kier molecular flexibility index (Phi) is 4.86. The molecule has 4 aromatic rings. The predicted octanol–water partition coefficient (Wildman–Crippen LogP) is 3.75. The summed E-state index contributed by atoms with van der Waals surface area (Å²) in [4.78, 5) is 38.1. The van der Waals surface area contributed by atoms with E-state index in [4.69, 9.17) is 0 Å². The molecule has 160 valence electrons. The van der Waals surface area contributed by atoms with Crippen molar-refractivity contribution in [2.24, 2.45) is 13.0 Å². The molecular weight excluding hydrogens is 404 g/mol. The minimum absolute atomic E-state index is 0.00319. The summed E-state index contributed by atoms with van der Waals surface area (Å²) < 4.78 is 1.86. The summed E-state index contributed by atoms with van der Waals surface area (Å²) in [6.45, 7) is 0. The smallest absolute Gasteiger partial charge is 0.271 e. The number of carbonyl (C=O) groups is 3. The van der Waals surface area contributed by atoms with Crippen LogP contribution >= 0.6 is 0 Å². The summed E-state index contributed by atoms with van der Waals surface area (Å²) in [5.74, 6) is -1.01. The lowest BCUT2D eigenvalue weighted by atomic mass is 10.0. The molecule has 0 aliphatic heterocycles. The SMILES string of the molecule is Cn1cc(C(=O)NNC(=O)c2cc3ccccc3cc2NC(=O)C2CC2)c2ccccc21. The number of nitrogens with one attached hydrogen (secondary N) is 3. The van der Waals surface area contributed by atoms with E-state index in [-0.39, 0.29) is 17.4 Å². The van der Waals surface area contributed by atoms with E-state index in [1.807, 2.05) is 60.1 Å². The van der Waals surface area contributed by atoms with Gasteiger partial charge in [-0.3, -0.25) is 25.2 Å². The molecule has 0 bridgehead atoms. The Balaban J connectivity index is 1.40. The maximum Gasteiger partial charge on any atom is 0.271 e. The number of rotatable bonds is 4. The molecule has 0 unspecified atom stereocenters. The lowest BCUT2D eigenvalue weighted by Gasteiger charge is -2.13. The van der Waals surface area contributed by atoms with Crippen molar-refractivity contribution in [3.8, 4) is 0 Å². The van der Waals surface area contributed by atoms with Crippen molar-refractivity contribution < 1.29 is 14.4 Å². The fourth-order valence-corrected chi connectivity index (χ4v) is 3.88. The molecule has 1 saturated carbocycles. The third-order valence-corrected chi connectivity index (χ3v) is 5.77. The summed E-state index contributed by atoms with van der Waals surface area (Å²) in [7, 11) is 1.86. The molecule has 0 saturated heterocycles. The lowest BCUT2D eigenvalue weighted by Crippen LogP contribution is -2.42. The molecule has 1 aromatic heterocycles. The first kappa shape index (κ1) is 19.8. The third-order valence-electron chi connectivity index (χ3n) is 5.77. The summed E-state index contributed by atoms with van der Waals surface area (Å²) in [5.41, 5.74) is 7.10. The van der Waals surface area contributed by atoms with E-state index in [9.17, 15) is 14.4 Å². The Morgan fingerprint density at radius 3 is 2.19 bits per heavy atom. The minimum Gasteiger partial charge on any atom is -0.350 e. The number of para-hydroxylation sites is 1. The van der Waals surface area contributed by atoms with Gasteiger partial charge in [-0.15, -0.1) is 0 Å².